The first-order valence-electron chi connectivity index (χ1n) is 13.9. The number of amides is 1. The van der Waals surface area contributed by atoms with Gasteiger partial charge in [-0.1, -0.05) is 13.8 Å². The first-order chi connectivity index (χ1) is 19.0. The van der Waals surface area contributed by atoms with E-state index in [9.17, 15) is 30.0 Å². The number of ether oxygens (including phenoxy) is 1. The number of hydrogen-bond acceptors (Lipinski definition) is 10. The number of nitrogens with one attached hydrogen (secondary N) is 1. The van der Waals surface area contributed by atoms with Gasteiger partial charge in [0, 0.05) is 35.7 Å². The second-order valence-corrected chi connectivity index (χ2v) is 12.5. The summed E-state index contributed by atoms with van der Waals surface area (Å²) in [5, 5.41) is 54.2. The van der Waals surface area contributed by atoms with Crippen molar-refractivity contribution in [3.8, 4) is 11.5 Å². The Balaban J connectivity index is 1.91. The van der Waals surface area contributed by atoms with Crippen molar-refractivity contribution in [2.75, 3.05) is 27.7 Å². The summed E-state index contributed by atoms with van der Waals surface area (Å²) < 4.78 is 6.26. The standard InChI is InChI=1S/C30H42N4O7/c1-13(2)11-34(7)12-16-10-19(35)21-17(26(16)41-14(3)4)8-15-9-18-23(33(5)6)25(37)22(29(32)39)27(31)30(18,40)28(38)20(15)24(21)36/h10,13-15,18,23,31,35,37-38,40H,8-9,11-12H2,1-7H3,(H2,32,39)/t15-,18-,23-,30+/m0/s1. The fourth-order valence-corrected chi connectivity index (χ4v) is 6.89. The quantitative estimate of drug-likeness (QED) is 0.274. The predicted molar refractivity (Wildman–Crippen MR) is 153 cm³/mol. The lowest BCUT2D eigenvalue weighted by atomic mass is 9.58. The van der Waals surface area contributed by atoms with Gasteiger partial charge in [0.2, 0.25) is 0 Å². The van der Waals surface area contributed by atoms with Crippen molar-refractivity contribution in [1.82, 2.24) is 9.80 Å². The average Bonchev–Trinajstić information content (AvgIpc) is 2.82. The summed E-state index contributed by atoms with van der Waals surface area (Å²) in [6.07, 6.45) is 0.0909. The Morgan fingerprint density at radius 2 is 1.83 bits per heavy atom. The molecule has 11 nitrogen and oxygen atoms in total. The summed E-state index contributed by atoms with van der Waals surface area (Å²) in [4.78, 5) is 30.0. The molecule has 7 N–H and O–H groups in total. The Labute approximate surface area is 240 Å². The number of allylic oxidation sites excluding steroid dienone is 1. The van der Waals surface area contributed by atoms with Gasteiger partial charge >= 0.3 is 0 Å². The van der Waals surface area contributed by atoms with E-state index < -0.39 is 58.0 Å². The van der Waals surface area contributed by atoms with E-state index >= 15 is 0 Å². The molecule has 41 heavy (non-hydrogen) atoms. The second-order valence-electron chi connectivity index (χ2n) is 12.5. The predicted octanol–water partition coefficient (Wildman–Crippen LogP) is 2.45. The third-order valence-electron chi connectivity index (χ3n) is 8.28. The van der Waals surface area contributed by atoms with Crippen LogP contribution in [-0.4, -0.2) is 93.1 Å². The van der Waals surface area contributed by atoms with Gasteiger partial charge in [-0.2, -0.15) is 0 Å². The van der Waals surface area contributed by atoms with E-state index in [0.717, 1.165) is 12.1 Å². The molecule has 4 atom stereocenters. The normalized spacial score (nSPS) is 26.2. The summed E-state index contributed by atoms with van der Waals surface area (Å²) in [6, 6.07) is 0.549. The second kappa shape index (κ2) is 10.8. The van der Waals surface area contributed by atoms with Gasteiger partial charge in [-0.25, -0.2) is 0 Å². The van der Waals surface area contributed by atoms with Crippen LogP contribution in [0.5, 0.6) is 11.5 Å². The number of likely N-dealkylation sites (N-methyl/N-ethyl adjacent to an activating group) is 1. The molecule has 0 radical (unpaired) electrons. The molecule has 1 aromatic rings. The van der Waals surface area contributed by atoms with Crippen LogP contribution in [0.15, 0.2) is 28.7 Å². The first kappa shape index (κ1) is 30.5. The largest absolute Gasteiger partial charge is 0.510 e. The number of nitrogens with zero attached hydrogens (tertiary/aromatic N) is 2. The van der Waals surface area contributed by atoms with Crippen LogP contribution in [0.2, 0.25) is 0 Å². The molecule has 0 saturated carbocycles. The highest BCUT2D eigenvalue weighted by molar-refractivity contribution is 6.26. The van der Waals surface area contributed by atoms with Crippen LogP contribution in [0.3, 0.4) is 0 Å². The lowest BCUT2D eigenvalue weighted by molar-refractivity contribution is -0.114. The molecule has 0 unspecified atom stereocenters. The highest BCUT2D eigenvalue weighted by atomic mass is 16.5. The number of carbonyl (C=O) groups is 2. The Kier molecular flexibility index (Phi) is 8.03. The molecule has 4 rings (SSSR count). The van der Waals surface area contributed by atoms with Crippen molar-refractivity contribution in [1.29, 1.82) is 5.41 Å². The van der Waals surface area contributed by atoms with Gasteiger partial charge in [0.1, 0.15) is 28.6 Å². The maximum atomic E-state index is 14.0. The molecule has 11 heteroatoms. The lowest BCUT2D eigenvalue weighted by Gasteiger charge is -2.51. The van der Waals surface area contributed by atoms with Gasteiger partial charge < -0.3 is 41.2 Å². The molecule has 0 spiro atoms. The van der Waals surface area contributed by atoms with Crippen LogP contribution in [0, 0.1) is 23.2 Å². The van der Waals surface area contributed by atoms with Crippen molar-refractivity contribution in [3.05, 3.63) is 45.4 Å². The minimum absolute atomic E-state index is 0.0178. The van der Waals surface area contributed by atoms with E-state index in [1.54, 1.807) is 19.0 Å². The van der Waals surface area contributed by atoms with Crippen LogP contribution in [0.25, 0.3) is 0 Å². The molecular formula is C30H42N4O7. The molecular weight excluding hydrogens is 528 g/mol. The molecule has 1 aromatic carbocycles. The van der Waals surface area contributed by atoms with Crippen LogP contribution in [0.4, 0.5) is 0 Å². The van der Waals surface area contributed by atoms with E-state index in [0.29, 0.717) is 23.8 Å². The van der Waals surface area contributed by atoms with Crippen molar-refractivity contribution in [3.63, 3.8) is 0 Å². The van der Waals surface area contributed by atoms with Crippen LogP contribution in [0.1, 0.15) is 55.6 Å². The van der Waals surface area contributed by atoms with E-state index in [4.69, 9.17) is 15.9 Å². The molecule has 0 saturated heterocycles. The van der Waals surface area contributed by atoms with Crippen LogP contribution >= 0.6 is 0 Å². The Hall–Kier alpha value is -3.41. The number of aliphatic hydroxyl groups is 3. The number of phenols is 1. The van der Waals surface area contributed by atoms with Crippen LogP contribution < -0.4 is 10.5 Å². The third-order valence-corrected chi connectivity index (χ3v) is 8.28. The Morgan fingerprint density at radius 3 is 2.37 bits per heavy atom. The maximum Gasteiger partial charge on any atom is 0.254 e. The summed E-state index contributed by atoms with van der Waals surface area (Å²) in [5.74, 6) is -3.95. The highest BCUT2D eigenvalue weighted by Gasteiger charge is 2.61. The van der Waals surface area contributed by atoms with Crippen molar-refractivity contribution < 1.29 is 34.8 Å². The minimum atomic E-state index is -2.45. The van der Waals surface area contributed by atoms with Gasteiger partial charge in [-0.15, -0.1) is 0 Å². The maximum absolute atomic E-state index is 14.0. The summed E-state index contributed by atoms with van der Waals surface area (Å²) in [6.45, 7) is 9.27. The van der Waals surface area contributed by atoms with Gasteiger partial charge in [0.05, 0.1) is 23.4 Å². The number of nitrogens with two attached hydrogens (primary N) is 1. The number of benzene rings is 1. The summed E-state index contributed by atoms with van der Waals surface area (Å²) >= 11 is 0. The van der Waals surface area contributed by atoms with Crippen molar-refractivity contribution in [2.45, 2.75) is 64.8 Å². The lowest BCUT2D eigenvalue weighted by Crippen LogP contribution is -2.63. The van der Waals surface area contributed by atoms with Gasteiger partial charge in [0.15, 0.2) is 11.4 Å². The van der Waals surface area contributed by atoms with Gasteiger partial charge in [-0.05, 0) is 65.7 Å². The smallest absolute Gasteiger partial charge is 0.254 e. The zero-order valence-corrected chi connectivity index (χ0v) is 24.8. The van der Waals surface area contributed by atoms with Gasteiger partial charge in [-0.3, -0.25) is 14.5 Å². The number of carbonyl (C=O) groups excluding carboxylic acids is 2. The monoisotopic (exact) mass is 570 g/mol. The molecule has 3 aliphatic rings. The van der Waals surface area contributed by atoms with Crippen LogP contribution in [-0.2, 0) is 17.8 Å². The zero-order chi connectivity index (χ0) is 30.7. The molecule has 224 valence electrons. The van der Waals surface area contributed by atoms with E-state index in [1.165, 1.54) is 6.07 Å². The molecule has 0 heterocycles. The van der Waals surface area contributed by atoms with E-state index in [2.05, 4.69) is 18.7 Å². The summed E-state index contributed by atoms with van der Waals surface area (Å²) in [7, 11) is 5.25. The fraction of sp³-hybridized carbons (Fsp3) is 0.567. The van der Waals surface area contributed by atoms with E-state index in [1.807, 2.05) is 20.9 Å². The molecule has 0 aliphatic heterocycles. The Morgan fingerprint density at radius 1 is 1.20 bits per heavy atom. The topological polar surface area (TPSA) is 181 Å². The Bertz CT molecular complexity index is 1360. The SMILES string of the molecule is CC(C)CN(C)Cc1cc(O)c2c(c1OC(C)C)C[C@H]1C[C@H]3[C@H](N(C)C)C(O)=C(C(N)=O)C(=N)[C@@]3(O)C(O)=C1C2=O. The summed E-state index contributed by atoms with van der Waals surface area (Å²) in [5.41, 5.74) is 2.77. The van der Waals surface area contributed by atoms with Crippen molar-refractivity contribution >= 4 is 17.4 Å². The highest BCUT2D eigenvalue weighted by Crippen LogP contribution is 2.53. The number of ketones is 1. The number of Topliss-reactive ketones (excluding diaryl/α,β-unsaturated/α-hetero) is 1. The molecule has 3 aliphatic carbocycles. The number of rotatable bonds is 8. The van der Waals surface area contributed by atoms with Crippen molar-refractivity contribution in [2.24, 2.45) is 23.5 Å². The number of hydrogen-bond donors (Lipinski definition) is 6. The molecule has 0 bridgehead atoms. The number of fused-ring (bicyclic) bond motifs is 3. The minimum Gasteiger partial charge on any atom is -0.510 e. The number of phenolic OH excluding ortho intramolecular Hbond substituents is 1. The molecule has 0 fully saturated rings. The third kappa shape index (κ3) is 4.89. The van der Waals surface area contributed by atoms with Gasteiger partial charge in [0.25, 0.3) is 5.91 Å². The fourth-order valence-electron chi connectivity index (χ4n) is 6.89. The number of primary amides is 1. The number of aromatic hydroxyl groups is 1. The average molecular weight is 571 g/mol. The molecule has 0 aromatic heterocycles. The number of aliphatic hydroxyl groups excluding tert-OH is 2. The molecule has 1 amide bonds. The first-order valence-corrected chi connectivity index (χ1v) is 13.9. The zero-order valence-electron chi connectivity index (χ0n) is 24.8. The van der Waals surface area contributed by atoms with E-state index in [-0.39, 0.29) is 35.8 Å².